The molecule has 1 unspecified atom stereocenters. The first-order valence-corrected chi connectivity index (χ1v) is 9.11. The molecule has 2 N–H and O–H groups in total. The van der Waals surface area contributed by atoms with Gasteiger partial charge in [0.05, 0.1) is 22.7 Å². The number of fused-ring (bicyclic) bond motifs is 1. The molecule has 0 radical (unpaired) electrons. The van der Waals surface area contributed by atoms with E-state index in [0.717, 1.165) is 24.3 Å². The summed E-state index contributed by atoms with van der Waals surface area (Å²) < 4.78 is 5.56. The zero-order chi connectivity index (χ0) is 18.7. The minimum absolute atomic E-state index is 0.0560. The molecule has 1 aliphatic heterocycles. The van der Waals surface area contributed by atoms with Gasteiger partial charge in [0.25, 0.3) is 0 Å². The maximum Gasteiger partial charge on any atom is 0.319 e. The first kappa shape index (κ1) is 18.8. The second-order valence-electron chi connectivity index (χ2n) is 6.41. The number of ether oxygens (including phenoxy) is 1. The summed E-state index contributed by atoms with van der Waals surface area (Å²) >= 11 is 11.9. The highest BCUT2D eigenvalue weighted by molar-refractivity contribution is 6.42. The molecule has 0 aliphatic carbocycles. The quantitative estimate of drug-likeness (QED) is 0.793. The van der Waals surface area contributed by atoms with Crippen molar-refractivity contribution in [2.24, 2.45) is 0 Å². The van der Waals surface area contributed by atoms with Crippen LogP contribution in [0.2, 0.25) is 10.0 Å². The third-order valence-electron chi connectivity index (χ3n) is 4.36. The van der Waals surface area contributed by atoms with E-state index < -0.39 is 0 Å². The van der Waals surface area contributed by atoms with Gasteiger partial charge in [-0.05, 0) is 49.5 Å². The normalized spacial score (nSPS) is 13.9. The van der Waals surface area contributed by atoms with Crippen LogP contribution >= 0.6 is 23.2 Å². The minimum Gasteiger partial charge on any atom is -0.493 e. The van der Waals surface area contributed by atoms with Crippen LogP contribution in [0.5, 0.6) is 5.75 Å². The fraction of sp³-hybridized carbons (Fsp3) is 0.316. The highest BCUT2D eigenvalue weighted by Gasteiger charge is 2.19. The summed E-state index contributed by atoms with van der Waals surface area (Å²) in [5, 5.41) is 6.53. The van der Waals surface area contributed by atoms with Crippen LogP contribution in [0.25, 0.3) is 0 Å². The predicted octanol–water partition coefficient (Wildman–Crippen LogP) is 4.35. The number of nitrogens with zero attached hydrogens (tertiary/aromatic N) is 1. The van der Waals surface area contributed by atoms with Crippen LogP contribution in [0.4, 0.5) is 10.5 Å². The van der Waals surface area contributed by atoms with Crippen LogP contribution < -0.4 is 15.4 Å². The number of hydrogen-bond donors (Lipinski definition) is 2. The molecule has 2 aromatic carbocycles. The molecule has 1 aliphatic rings. The molecule has 0 fully saturated rings. The third-order valence-corrected chi connectivity index (χ3v) is 5.09. The molecule has 2 aromatic rings. The monoisotopic (exact) mass is 393 g/mol. The van der Waals surface area contributed by atoms with Crippen LogP contribution in [0, 0.1) is 0 Å². The molecule has 0 aromatic heterocycles. The molecule has 0 bridgehead atoms. The van der Waals surface area contributed by atoms with Crippen LogP contribution in [0.1, 0.15) is 17.2 Å². The van der Waals surface area contributed by atoms with Gasteiger partial charge in [0, 0.05) is 18.7 Å². The molecule has 0 spiro atoms. The molecule has 26 heavy (non-hydrogen) atoms. The van der Waals surface area contributed by atoms with Crippen molar-refractivity contribution in [1.29, 1.82) is 0 Å². The number of halogens is 2. The Morgan fingerprint density at radius 1 is 1.19 bits per heavy atom. The largest absolute Gasteiger partial charge is 0.493 e. The molecular weight excluding hydrogens is 373 g/mol. The van der Waals surface area contributed by atoms with Crippen molar-refractivity contribution >= 4 is 34.9 Å². The third kappa shape index (κ3) is 4.41. The van der Waals surface area contributed by atoms with Gasteiger partial charge in [-0.3, -0.25) is 0 Å². The average molecular weight is 394 g/mol. The Morgan fingerprint density at radius 2 is 2.00 bits per heavy atom. The number of carbonyl (C=O) groups excluding carboxylic acids is 1. The van der Waals surface area contributed by atoms with Crippen LogP contribution in [-0.2, 0) is 6.42 Å². The van der Waals surface area contributed by atoms with Gasteiger partial charge in [-0.2, -0.15) is 0 Å². The Morgan fingerprint density at radius 3 is 2.73 bits per heavy atom. The zero-order valence-electron chi connectivity index (χ0n) is 14.7. The topological polar surface area (TPSA) is 53.6 Å². The fourth-order valence-corrected chi connectivity index (χ4v) is 3.25. The van der Waals surface area contributed by atoms with Crippen molar-refractivity contribution < 1.29 is 9.53 Å². The summed E-state index contributed by atoms with van der Waals surface area (Å²) in [7, 11) is 3.99. The van der Waals surface area contributed by atoms with Crippen molar-refractivity contribution in [1.82, 2.24) is 10.2 Å². The SMILES string of the molecule is CN(C)C(CNC(=O)Nc1ccc(Cl)c(Cl)c1)c1ccc2c(c1)CCO2. The first-order chi connectivity index (χ1) is 12.4. The maximum absolute atomic E-state index is 12.2. The second-order valence-corrected chi connectivity index (χ2v) is 7.22. The smallest absolute Gasteiger partial charge is 0.319 e. The van der Waals surface area contributed by atoms with E-state index in [-0.39, 0.29) is 12.1 Å². The molecule has 1 atom stereocenters. The lowest BCUT2D eigenvalue weighted by atomic mass is 10.0. The van der Waals surface area contributed by atoms with Gasteiger partial charge >= 0.3 is 6.03 Å². The lowest BCUT2D eigenvalue weighted by Gasteiger charge is -2.25. The van der Waals surface area contributed by atoms with Gasteiger partial charge in [0.2, 0.25) is 0 Å². The molecule has 2 amide bonds. The number of rotatable bonds is 5. The number of urea groups is 1. The van der Waals surface area contributed by atoms with E-state index in [9.17, 15) is 4.79 Å². The molecule has 138 valence electrons. The van der Waals surface area contributed by atoms with Gasteiger partial charge in [-0.15, -0.1) is 0 Å². The predicted molar refractivity (Wildman–Crippen MR) is 106 cm³/mol. The van der Waals surface area contributed by atoms with E-state index in [1.54, 1.807) is 18.2 Å². The average Bonchev–Trinajstić information content (AvgIpc) is 3.06. The minimum atomic E-state index is -0.292. The number of hydrogen-bond acceptors (Lipinski definition) is 3. The molecular formula is C19H21Cl2N3O2. The summed E-state index contributed by atoms with van der Waals surface area (Å²) in [5.74, 6) is 0.955. The van der Waals surface area contributed by atoms with Crippen LogP contribution in [0.3, 0.4) is 0 Å². The Balaban J connectivity index is 1.63. The van der Waals surface area contributed by atoms with E-state index in [0.29, 0.717) is 22.3 Å². The van der Waals surface area contributed by atoms with Crippen molar-refractivity contribution in [3.63, 3.8) is 0 Å². The van der Waals surface area contributed by atoms with Gasteiger partial charge in [-0.1, -0.05) is 35.3 Å². The van der Waals surface area contributed by atoms with Gasteiger partial charge < -0.3 is 20.3 Å². The van der Waals surface area contributed by atoms with Gasteiger partial charge in [-0.25, -0.2) is 4.79 Å². The number of nitrogens with one attached hydrogen (secondary N) is 2. The number of carbonyl (C=O) groups is 1. The lowest BCUT2D eigenvalue weighted by Crippen LogP contribution is -2.36. The summed E-state index contributed by atoms with van der Waals surface area (Å²) in [5.41, 5.74) is 2.96. The Labute approximate surface area is 163 Å². The van der Waals surface area contributed by atoms with Crippen molar-refractivity contribution in [2.75, 3.05) is 32.6 Å². The van der Waals surface area contributed by atoms with Crippen LogP contribution in [0.15, 0.2) is 36.4 Å². The summed E-state index contributed by atoms with van der Waals surface area (Å²) in [6.07, 6.45) is 0.925. The molecule has 1 heterocycles. The van der Waals surface area contributed by atoms with Crippen molar-refractivity contribution in [3.05, 3.63) is 57.6 Å². The Bertz CT molecular complexity index is 811. The van der Waals surface area contributed by atoms with Crippen molar-refractivity contribution in [2.45, 2.75) is 12.5 Å². The number of amides is 2. The highest BCUT2D eigenvalue weighted by Crippen LogP contribution is 2.29. The standard InChI is InChI=1S/C19H21Cl2N3O2/c1-24(2)17(12-3-6-18-13(9-12)7-8-26-18)11-22-19(25)23-14-4-5-15(20)16(21)10-14/h3-6,9-10,17H,7-8,11H2,1-2H3,(H2,22,23,25). The Hall–Kier alpha value is -1.95. The molecule has 7 heteroatoms. The maximum atomic E-state index is 12.2. The molecule has 0 saturated carbocycles. The van der Waals surface area contributed by atoms with Crippen LogP contribution in [-0.4, -0.2) is 38.2 Å². The zero-order valence-corrected chi connectivity index (χ0v) is 16.2. The van der Waals surface area contributed by atoms with Crippen molar-refractivity contribution in [3.8, 4) is 5.75 Å². The van der Waals surface area contributed by atoms with E-state index in [4.69, 9.17) is 27.9 Å². The Kier molecular flexibility index (Phi) is 5.91. The van der Waals surface area contributed by atoms with E-state index in [1.165, 1.54) is 5.56 Å². The fourth-order valence-electron chi connectivity index (χ4n) is 2.95. The summed E-state index contributed by atoms with van der Waals surface area (Å²) in [4.78, 5) is 14.3. The second kappa shape index (κ2) is 8.16. The van der Waals surface area contributed by atoms with Gasteiger partial charge in [0.15, 0.2) is 0 Å². The van der Waals surface area contributed by atoms with E-state index >= 15 is 0 Å². The number of anilines is 1. The van der Waals surface area contributed by atoms with E-state index in [2.05, 4.69) is 21.6 Å². The lowest BCUT2D eigenvalue weighted by molar-refractivity contribution is 0.243. The van der Waals surface area contributed by atoms with E-state index in [1.807, 2.05) is 26.2 Å². The molecule has 5 nitrogen and oxygen atoms in total. The molecule has 0 saturated heterocycles. The number of likely N-dealkylation sites (N-methyl/N-ethyl adjacent to an activating group) is 1. The van der Waals surface area contributed by atoms with Gasteiger partial charge in [0.1, 0.15) is 5.75 Å². The first-order valence-electron chi connectivity index (χ1n) is 8.36. The molecule has 3 rings (SSSR count). The summed E-state index contributed by atoms with van der Waals surface area (Å²) in [6, 6.07) is 10.9. The highest BCUT2D eigenvalue weighted by atomic mass is 35.5. The number of benzene rings is 2. The summed E-state index contributed by atoms with van der Waals surface area (Å²) in [6.45, 7) is 1.20.